The Labute approximate surface area is 215 Å². The van der Waals surface area contributed by atoms with Crippen molar-refractivity contribution in [2.75, 3.05) is 38.3 Å². The molecule has 202 valence electrons. The van der Waals surface area contributed by atoms with Crippen molar-refractivity contribution in [3.8, 4) is 11.5 Å². The minimum absolute atomic E-state index is 0.0274. The number of fused-ring (bicyclic) bond motifs is 1. The van der Waals surface area contributed by atoms with Gasteiger partial charge in [-0.15, -0.1) is 0 Å². The van der Waals surface area contributed by atoms with Crippen molar-refractivity contribution in [2.24, 2.45) is 0 Å². The Morgan fingerprint density at radius 3 is 2.49 bits per heavy atom. The summed E-state index contributed by atoms with van der Waals surface area (Å²) in [7, 11) is 1.57. The summed E-state index contributed by atoms with van der Waals surface area (Å²) >= 11 is 0. The van der Waals surface area contributed by atoms with Crippen molar-refractivity contribution in [1.29, 1.82) is 0 Å². The maximum Gasteiger partial charge on any atom is 0.422 e. The lowest BCUT2D eigenvalue weighted by Gasteiger charge is -2.21. The summed E-state index contributed by atoms with van der Waals surface area (Å²) in [6, 6.07) is 10.2. The highest BCUT2D eigenvalue weighted by atomic mass is 19.4. The first kappa shape index (κ1) is 28.3. The lowest BCUT2D eigenvalue weighted by Crippen LogP contribution is -2.32. The van der Waals surface area contributed by atoms with Crippen LogP contribution in [0.3, 0.4) is 0 Å². The van der Waals surface area contributed by atoms with Crippen LogP contribution in [-0.2, 0) is 17.6 Å². The fourth-order valence-electron chi connectivity index (χ4n) is 4.38. The normalized spacial score (nSPS) is 13.7. The molecule has 2 N–H and O–H groups in total. The third-order valence-electron chi connectivity index (χ3n) is 5.99. The molecule has 7 nitrogen and oxygen atoms in total. The van der Waals surface area contributed by atoms with Gasteiger partial charge in [0.15, 0.2) is 18.1 Å². The SMILES string of the molecule is CCCC(=O)N1CCc2cc(C[C@@H](C)NCCOc3ccccc3OCC(F)(F)F)cc(C(=O)NC)c21. The summed E-state index contributed by atoms with van der Waals surface area (Å²) < 4.78 is 47.9. The average molecular weight is 522 g/mol. The Bertz CT molecular complexity index is 1090. The Balaban J connectivity index is 1.59. The summed E-state index contributed by atoms with van der Waals surface area (Å²) in [5.74, 6) is 0.0886. The number of nitrogens with one attached hydrogen (secondary N) is 2. The number of anilines is 1. The van der Waals surface area contributed by atoms with Crippen LogP contribution in [0.1, 0.15) is 48.2 Å². The molecule has 0 fully saturated rings. The number of rotatable bonds is 12. The van der Waals surface area contributed by atoms with E-state index in [1.54, 1.807) is 30.1 Å². The summed E-state index contributed by atoms with van der Waals surface area (Å²) in [5, 5.41) is 6.02. The van der Waals surface area contributed by atoms with Crippen LogP contribution in [0.15, 0.2) is 36.4 Å². The zero-order chi connectivity index (χ0) is 27.0. The fraction of sp³-hybridized carbons (Fsp3) is 0.481. The Hall–Kier alpha value is -3.27. The first-order valence-corrected chi connectivity index (χ1v) is 12.5. The summed E-state index contributed by atoms with van der Waals surface area (Å²) in [6.45, 7) is 3.84. The fourth-order valence-corrected chi connectivity index (χ4v) is 4.38. The number of nitrogens with zero attached hydrogens (tertiary/aromatic N) is 1. The monoisotopic (exact) mass is 521 g/mol. The molecule has 2 aromatic carbocycles. The minimum Gasteiger partial charge on any atom is -0.488 e. The van der Waals surface area contributed by atoms with E-state index in [0.29, 0.717) is 43.6 Å². The van der Waals surface area contributed by atoms with Crippen LogP contribution in [0, 0.1) is 0 Å². The van der Waals surface area contributed by atoms with Crippen LogP contribution < -0.4 is 25.0 Å². The zero-order valence-electron chi connectivity index (χ0n) is 21.4. The van der Waals surface area contributed by atoms with Gasteiger partial charge in [-0.1, -0.05) is 25.1 Å². The molecule has 37 heavy (non-hydrogen) atoms. The van der Waals surface area contributed by atoms with E-state index < -0.39 is 12.8 Å². The number of hydrogen-bond acceptors (Lipinski definition) is 5. The average Bonchev–Trinajstić information content (AvgIpc) is 3.29. The molecule has 2 amide bonds. The van der Waals surface area contributed by atoms with Gasteiger partial charge in [-0.25, -0.2) is 0 Å². The van der Waals surface area contributed by atoms with Gasteiger partial charge in [-0.2, -0.15) is 13.2 Å². The van der Waals surface area contributed by atoms with E-state index in [-0.39, 0.29) is 36.0 Å². The number of hydrogen-bond donors (Lipinski definition) is 2. The predicted molar refractivity (Wildman–Crippen MR) is 135 cm³/mol. The Kier molecular flexibility index (Phi) is 9.79. The van der Waals surface area contributed by atoms with Crippen molar-refractivity contribution < 1.29 is 32.2 Å². The van der Waals surface area contributed by atoms with Crippen LogP contribution in [-0.4, -0.2) is 57.4 Å². The van der Waals surface area contributed by atoms with E-state index in [2.05, 4.69) is 16.7 Å². The quantitative estimate of drug-likeness (QED) is 0.408. The number of ether oxygens (including phenoxy) is 2. The number of carbonyl (C=O) groups excluding carboxylic acids is 2. The van der Waals surface area contributed by atoms with Gasteiger partial charge in [0.2, 0.25) is 5.91 Å². The maximum atomic E-state index is 12.7. The van der Waals surface area contributed by atoms with Crippen LogP contribution in [0.5, 0.6) is 11.5 Å². The van der Waals surface area contributed by atoms with Gasteiger partial charge >= 0.3 is 6.18 Å². The number of benzene rings is 2. The van der Waals surface area contributed by atoms with Gasteiger partial charge < -0.3 is 25.0 Å². The van der Waals surface area contributed by atoms with Gasteiger partial charge in [-0.3, -0.25) is 9.59 Å². The maximum absolute atomic E-state index is 12.7. The lowest BCUT2D eigenvalue weighted by molar-refractivity contribution is -0.153. The highest BCUT2D eigenvalue weighted by Crippen LogP contribution is 2.34. The topological polar surface area (TPSA) is 79.9 Å². The largest absolute Gasteiger partial charge is 0.488 e. The van der Waals surface area contributed by atoms with Crippen LogP contribution >= 0.6 is 0 Å². The number of alkyl halides is 3. The molecule has 0 unspecified atom stereocenters. The molecule has 0 aromatic heterocycles. The van der Waals surface area contributed by atoms with Gasteiger partial charge in [0.25, 0.3) is 5.91 Å². The molecule has 0 radical (unpaired) electrons. The predicted octanol–water partition coefficient (Wildman–Crippen LogP) is 4.28. The first-order chi connectivity index (χ1) is 17.6. The van der Waals surface area contributed by atoms with Gasteiger partial charge in [-0.05, 0) is 55.5 Å². The third-order valence-corrected chi connectivity index (χ3v) is 5.99. The van der Waals surface area contributed by atoms with Gasteiger partial charge in [0.05, 0.1) is 11.3 Å². The number of carbonyl (C=O) groups is 2. The molecule has 0 saturated heterocycles. The van der Waals surface area contributed by atoms with E-state index in [0.717, 1.165) is 17.5 Å². The molecule has 1 heterocycles. The van der Waals surface area contributed by atoms with E-state index in [1.165, 1.54) is 6.07 Å². The number of amides is 2. The highest BCUT2D eigenvalue weighted by Gasteiger charge is 2.30. The zero-order valence-corrected chi connectivity index (χ0v) is 21.4. The van der Waals surface area contributed by atoms with E-state index in [4.69, 9.17) is 9.47 Å². The second-order valence-corrected chi connectivity index (χ2v) is 9.03. The van der Waals surface area contributed by atoms with Gasteiger partial charge in [0.1, 0.15) is 6.61 Å². The van der Waals surface area contributed by atoms with Crippen molar-refractivity contribution >= 4 is 17.5 Å². The third kappa shape index (κ3) is 7.85. The molecule has 10 heteroatoms. The van der Waals surface area contributed by atoms with E-state index in [1.807, 2.05) is 19.9 Å². The van der Waals surface area contributed by atoms with Crippen molar-refractivity contribution in [3.63, 3.8) is 0 Å². The second kappa shape index (κ2) is 12.8. The molecule has 2 aromatic rings. The summed E-state index contributed by atoms with van der Waals surface area (Å²) in [5.41, 5.74) is 3.19. The molecule has 3 rings (SSSR count). The van der Waals surface area contributed by atoms with Crippen LogP contribution in [0.4, 0.5) is 18.9 Å². The Morgan fingerprint density at radius 1 is 1.14 bits per heavy atom. The molecular formula is C27H34F3N3O4. The number of halogens is 3. The Morgan fingerprint density at radius 2 is 1.84 bits per heavy atom. The molecule has 0 bridgehead atoms. The molecule has 0 saturated carbocycles. The molecule has 1 aliphatic rings. The lowest BCUT2D eigenvalue weighted by atomic mass is 9.98. The molecule has 1 aliphatic heterocycles. The highest BCUT2D eigenvalue weighted by molar-refractivity contribution is 6.06. The van der Waals surface area contributed by atoms with Crippen molar-refractivity contribution in [1.82, 2.24) is 10.6 Å². The second-order valence-electron chi connectivity index (χ2n) is 9.03. The smallest absolute Gasteiger partial charge is 0.422 e. The molecule has 0 aliphatic carbocycles. The van der Waals surface area contributed by atoms with E-state index >= 15 is 0 Å². The number of para-hydroxylation sites is 2. The van der Waals surface area contributed by atoms with E-state index in [9.17, 15) is 22.8 Å². The van der Waals surface area contributed by atoms with Gasteiger partial charge in [0, 0.05) is 32.6 Å². The van der Waals surface area contributed by atoms with Crippen molar-refractivity contribution in [2.45, 2.75) is 51.7 Å². The van der Waals surface area contributed by atoms with Crippen molar-refractivity contribution in [3.05, 3.63) is 53.1 Å². The standard InChI is InChI=1S/C27H34F3N3O4/c1-4-7-24(34)33-12-10-20-15-19(16-21(25(20)33)26(35)31-3)14-18(2)32-11-13-36-22-8-5-6-9-23(22)37-17-27(28,29)30/h5-6,8-9,15-16,18,32H,4,7,10-14,17H2,1-3H3,(H,31,35)/t18-/m1/s1. The van der Waals surface area contributed by atoms with Crippen LogP contribution in [0.2, 0.25) is 0 Å². The summed E-state index contributed by atoms with van der Waals surface area (Å²) in [4.78, 5) is 27.0. The summed E-state index contributed by atoms with van der Waals surface area (Å²) in [6.07, 6.45) is -1.89. The first-order valence-electron chi connectivity index (χ1n) is 12.5. The molecular weight excluding hydrogens is 487 g/mol. The molecule has 0 spiro atoms. The van der Waals surface area contributed by atoms with Crippen LogP contribution in [0.25, 0.3) is 0 Å². The molecule has 1 atom stereocenters. The minimum atomic E-state index is -4.43.